The molecule has 0 fully saturated rings. The second kappa shape index (κ2) is 38.9. The molecule has 11 nitrogen and oxygen atoms in total. The van der Waals surface area contributed by atoms with Crippen LogP contribution in [0.15, 0.2) is 524 Å². The summed E-state index contributed by atoms with van der Waals surface area (Å²) in [5, 5.41) is 4.26. The fraction of sp³-hybridized carbons (Fsp3) is 0. The maximum Gasteiger partial charge on any atom is 0.164 e. The highest BCUT2D eigenvalue weighted by Crippen LogP contribution is 2.42. The molecule has 5 aromatic heterocycles. The fourth-order valence-corrected chi connectivity index (χ4v) is 18.1. The molecule has 0 bridgehead atoms. The van der Waals surface area contributed by atoms with Crippen LogP contribution < -0.4 is 0 Å². The molecule has 25 aromatic rings. The maximum absolute atomic E-state index is 6.14. The van der Waals surface area contributed by atoms with E-state index in [1.54, 1.807) is 0 Å². The predicted octanol–water partition coefficient (Wildman–Crippen LogP) is 33.4. The van der Waals surface area contributed by atoms with Crippen LogP contribution in [-0.4, -0.2) is 44.9 Å². The molecule has 0 aliphatic carbocycles. The predicted molar refractivity (Wildman–Crippen MR) is 572 cm³/mol. The van der Waals surface area contributed by atoms with E-state index in [-0.39, 0.29) is 0 Å². The van der Waals surface area contributed by atoms with Crippen LogP contribution in [0.3, 0.4) is 0 Å². The Morgan fingerprint density at radius 1 is 0.0929 bits per heavy atom. The van der Waals surface area contributed by atoms with Gasteiger partial charge in [0.2, 0.25) is 0 Å². The van der Waals surface area contributed by atoms with Gasteiger partial charge < -0.3 is 8.83 Å². The summed E-state index contributed by atoms with van der Waals surface area (Å²) in [7, 11) is 0. The molecule has 0 atom stereocenters. The Hall–Kier alpha value is -19.0. The minimum atomic E-state index is 0.591. The van der Waals surface area contributed by atoms with Crippen molar-refractivity contribution in [2.24, 2.45) is 0 Å². The number of para-hydroxylation sites is 2. The van der Waals surface area contributed by atoms with E-state index in [9.17, 15) is 0 Å². The summed E-state index contributed by atoms with van der Waals surface area (Å²) < 4.78 is 12.2. The summed E-state index contributed by atoms with van der Waals surface area (Å²) in [4.78, 5) is 45.4. The van der Waals surface area contributed by atoms with Crippen molar-refractivity contribution in [2.75, 3.05) is 0 Å². The lowest BCUT2D eigenvalue weighted by molar-refractivity contribution is 0.668. The van der Waals surface area contributed by atoms with E-state index in [4.69, 9.17) is 53.7 Å². The van der Waals surface area contributed by atoms with Crippen LogP contribution in [0.25, 0.3) is 247 Å². The van der Waals surface area contributed by atoms with E-state index in [2.05, 4.69) is 394 Å². The highest BCUT2D eigenvalue weighted by molar-refractivity contribution is 6.07. The zero-order chi connectivity index (χ0) is 93.3. The van der Waals surface area contributed by atoms with Gasteiger partial charge in [-0.3, -0.25) is 0 Å². The quantitative estimate of drug-likeness (QED) is 0.0810. The van der Waals surface area contributed by atoms with Gasteiger partial charge in [0, 0.05) is 71.6 Å². The summed E-state index contributed by atoms with van der Waals surface area (Å²) in [6, 6.07) is 178. The molecule has 25 rings (SSSR count). The molecule has 0 aliphatic rings. The Labute approximate surface area is 810 Å². The summed E-state index contributed by atoms with van der Waals surface area (Å²) in [5.74, 6) is 5.58. The van der Waals surface area contributed by atoms with Gasteiger partial charge in [-0.15, -0.1) is 0 Å². The first-order valence-electron chi connectivity index (χ1n) is 46.7. The van der Waals surface area contributed by atoms with E-state index >= 15 is 0 Å². The highest BCUT2D eigenvalue weighted by atomic mass is 16.3. The Morgan fingerprint density at radius 3 is 0.571 bits per heavy atom. The number of furan rings is 2. The first kappa shape index (κ1) is 85.2. The average molecular weight is 1790 g/mol. The minimum absolute atomic E-state index is 0.591. The zero-order valence-electron chi connectivity index (χ0n) is 75.9. The summed E-state index contributed by atoms with van der Waals surface area (Å²) in [6.45, 7) is 0. The monoisotopic (exact) mass is 1790 g/mol. The first-order valence-corrected chi connectivity index (χ1v) is 46.7. The van der Waals surface area contributed by atoms with Crippen LogP contribution in [0.5, 0.6) is 0 Å². The molecule has 0 saturated carbocycles. The fourth-order valence-electron chi connectivity index (χ4n) is 18.1. The van der Waals surface area contributed by atoms with Gasteiger partial charge in [-0.25, -0.2) is 44.9 Å². The topological polar surface area (TPSA) is 142 Å². The number of benzene rings is 20. The van der Waals surface area contributed by atoms with Gasteiger partial charge in [0.05, 0.1) is 0 Å². The number of nitrogens with zero attached hydrogens (tertiary/aromatic N) is 9. The molecule has 0 spiro atoms. The second-order valence-electron chi connectivity index (χ2n) is 34.3. The number of hydrogen-bond acceptors (Lipinski definition) is 11. The van der Waals surface area contributed by atoms with Gasteiger partial charge in [0.25, 0.3) is 0 Å². The van der Waals surface area contributed by atoms with Crippen LogP contribution in [0, 0.1) is 0 Å². The van der Waals surface area contributed by atoms with Crippen molar-refractivity contribution in [2.45, 2.75) is 0 Å². The Morgan fingerprint density at radius 2 is 0.264 bits per heavy atom. The van der Waals surface area contributed by atoms with Crippen molar-refractivity contribution >= 4 is 43.9 Å². The van der Waals surface area contributed by atoms with Gasteiger partial charge in [0.1, 0.15) is 22.3 Å². The van der Waals surface area contributed by atoms with E-state index < -0.39 is 0 Å². The Bertz CT molecular complexity index is 8530. The van der Waals surface area contributed by atoms with Gasteiger partial charge in [-0.05, 0) is 203 Å². The molecule has 5 heterocycles. The zero-order valence-corrected chi connectivity index (χ0v) is 75.9. The van der Waals surface area contributed by atoms with Gasteiger partial charge >= 0.3 is 0 Å². The maximum atomic E-state index is 6.14. The third-order valence-corrected chi connectivity index (χ3v) is 25.1. The number of fused-ring (bicyclic) bond motifs is 6. The van der Waals surface area contributed by atoms with Crippen LogP contribution in [0.4, 0.5) is 0 Å². The molecule has 0 amide bonds. The van der Waals surface area contributed by atoms with Crippen molar-refractivity contribution in [1.82, 2.24) is 44.9 Å². The van der Waals surface area contributed by atoms with Crippen molar-refractivity contribution in [3.63, 3.8) is 0 Å². The lowest BCUT2D eigenvalue weighted by Crippen LogP contribution is -2.00. The normalized spacial score (nSPS) is 11.1. The molecular formula is C129H85N9O2. The highest BCUT2D eigenvalue weighted by Gasteiger charge is 2.22. The van der Waals surface area contributed by atoms with Gasteiger partial charge in [-0.2, -0.15) is 0 Å². The van der Waals surface area contributed by atoms with Crippen molar-refractivity contribution in [3.8, 4) is 203 Å². The first-order chi connectivity index (χ1) is 69.3. The summed E-state index contributed by atoms with van der Waals surface area (Å²) >= 11 is 0. The second-order valence-corrected chi connectivity index (χ2v) is 34.3. The van der Waals surface area contributed by atoms with E-state index in [0.29, 0.717) is 52.4 Å². The molecular weight excluding hydrogens is 1710 g/mol. The molecule has 11 heteroatoms. The van der Waals surface area contributed by atoms with Crippen LogP contribution in [-0.2, 0) is 0 Å². The molecule has 0 aliphatic heterocycles. The molecule has 658 valence electrons. The van der Waals surface area contributed by atoms with Gasteiger partial charge in [0.15, 0.2) is 52.4 Å². The summed E-state index contributed by atoms with van der Waals surface area (Å²) in [6.07, 6.45) is 0. The third-order valence-electron chi connectivity index (χ3n) is 25.1. The molecule has 0 saturated heterocycles. The third kappa shape index (κ3) is 18.5. The number of hydrogen-bond donors (Lipinski definition) is 0. The van der Waals surface area contributed by atoms with Crippen molar-refractivity contribution in [1.29, 1.82) is 0 Å². The Kier molecular flexibility index (Phi) is 23.7. The molecule has 140 heavy (non-hydrogen) atoms. The van der Waals surface area contributed by atoms with Crippen molar-refractivity contribution in [3.05, 3.63) is 516 Å². The standard InChI is InChI=1S/C51H35N3.C45H31N3.C33H19N3O2/c1-5-16-36(17-6-1)40-24-13-27-43(30-40)49-52-50(44-28-14-25-41(31-44)37-18-7-2-8-19-37)54-51(53-49)45-29-15-26-42(32-45)48-34-46(38-20-9-3-10-21-38)33-47(35-48)39-22-11-4-12-23-39;1-4-14-32(15-5-1)35-20-10-23-38(28-35)39-24-13-27-42(31-39)45-47-43(40-25-11-21-36(29-40)33-16-6-2-7-17-33)46-44(48-45)41-26-12-22-37(30-41)34-18-8-3-9-19-34;1-2-8-20(9-3-1)31-34-32(21-15-17-29-26(18-21)24-11-5-7-13-28(24)37-29)36-33(35-31)22-14-16-25-23-10-4-6-12-27(23)38-30(25)19-22/h1-35H;1-31H;1-19H. The number of rotatable bonds is 18. The average Bonchev–Trinajstić information content (AvgIpc) is 1.57. The smallest absolute Gasteiger partial charge is 0.164 e. The van der Waals surface area contributed by atoms with Gasteiger partial charge in [-0.1, -0.05) is 413 Å². The molecule has 20 aromatic carbocycles. The van der Waals surface area contributed by atoms with Crippen LogP contribution in [0.2, 0.25) is 0 Å². The summed E-state index contributed by atoms with van der Waals surface area (Å²) in [5.41, 5.74) is 32.2. The SMILES string of the molecule is c1ccc(-c2cc(-c3ccccc3)cc(-c3cccc(-c4nc(-c5cccc(-c6ccccc6)c5)nc(-c5cccc(-c6ccccc6)c5)n4)c3)c2)cc1.c1ccc(-c2cccc(-c3cccc(-c4nc(-c5cccc(-c6ccccc6)c5)nc(-c5cccc(-c6ccccc6)c5)n4)c3)c2)cc1.c1ccc(-c2nc(-c3ccc4c(c3)oc3ccccc34)nc(-c3ccc4oc5ccccc5c4c3)n2)cc1. The molecule has 0 radical (unpaired) electrons. The van der Waals surface area contributed by atoms with Crippen molar-refractivity contribution < 1.29 is 8.83 Å². The number of aromatic nitrogens is 9. The van der Waals surface area contributed by atoms with Crippen LogP contribution >= 0.6 is 0 Å². The lowest BCUT2D eigenvalue weighted by atomic mass is 9.93. The molecule has 0 N–H and O–H groups in total. The van der Waals surface area contributed by atoms with E-state index in [1.807, 2.05) is 121 Å². The lowest BCUT2D eigenvalue weighted by Gasteiger charge is -2.13. The van der Waals surface area contributed by atoms with E-state index in [1.165, 1.54) is 33.4 Å². The largest absolute Gasteiger partial charge is 0.456 e. The van der Waals surface area contributed by atoms with Crippen LogP contribution in [0.1, 0.15) is 0 Å². The van der Waals surface area contributed by atoms with E-state index in [0.717, 1.165) is 161 Å². The molecule has 0 unspecified atom stereocenters. The Balaban J connectivity index is 0.000000119. The minimum Gasteiger partial charge on any atom is -0.456 e.